The molecule has 5 rings (SSSR count). The fraction of sp³-hybridized carbons (Fsp3) is 0.161. The topological polar surface area (TPSA) is 106 Å². The second kappa shape index (κ2) is 13.1. The third-order valence-electron chi connectivity index (χ3n) is 6.41. The zero-order valence-electron chi connectivity index (χ0n) is 22.6. The van der Waals surface area contributed by atoms with Gasteiger partial charge in [-0.15, -0.1) is 0 Å². The Balaban J connectivity index is 1.68. The predicted molar refractivity (Wildman–Crippen MR) is 174 cm³/mol. The van der Waals surface area contributed by atoms with Gasteiger partial charge in [-0.1, -0.05) is 57.6 Å². The van der Waals surface area contributed by atoms with Gasteiger partial charge in [-0.3, -0.25) is 14.2 Å². The van der Waals surface area contributed by atoms with Crippen molar-refractivity contribution in [1.82, 2.24) is 4.57 Å². The van der Waals surface area contributed by atoms with Crippen molar-refractivity contribution in [3.8, 4) is 17.6 Å². The summed E-state index contributed by atoms with van der Waals surface area (Å²) in [4.78, 5) is 33.0. The maximum absolute atomic E-state index is 14.1. The zero-order chi connectivity index (χ0) is 29.8. The van der Waals surface area contributed by atoms with Crippen molar-refractivity contribution in [3.63, 3.8) is 0 Å². The summed E-state index contributed by atoms with van der Waals surface area (Å²) in [5.74, 6) is 0.858. The Hall–Kier alpha value is -3.73. The van der Waals surface area contributed by atoms with E-state index in [1.807, 2.05) is 67.6 Å². The van der Waals surface area contributed by atoms with Crippen LogP contribution in [0.3, 0.4) is 0 Å². The van der Waals surface area contributed by atoms with E-state index in [2.05, 4.69) is 43.8 Å². The maximum Gasteiger partial charge on any atom is 0.271 e. The zero-order valence-corrected chi connectivity index (χ0v) is 27.1. The quantitative estimate of drug-likeness (QED) is 0.238. The minimum absolute atomic E-state index is 0.128. The Bertz CT molecular complexity index is 1910. The average Bonchev–Trinajstić information content (AvgIpc) is 3.27. The van der Waals surface area contributed by atoms with Crippen molar-refractivity contribution in [2.45, 2.75) is 19.9 Å². The highest BCUT2D eigenvalue weighted by Gasteiger charge is 2.32. The number of anilines is 1. The predicted octanol–water partition coefficient (Wildman–Crippen LogP) is 5.54. The first-order valence-corrected chi connectivity index (χ1v) is 15.6. The molecule has 0 saturated heterocycles. The lowest BCUT2D eigenvalue weighted by molar-refractivity contribution is -0.113. The number of fused-ring (bicyclic) bond motifs is 1. The van der Waals surface area contributed by atoms with Gasteiger partial charge in [0.05, 0.1) is 32.0 Å². The van der Waals surface area contributed by atoms with Crippen molar-refractivity contribution < 1.29 is 14.3 Å². The molecule has 8 nitrogen and oxygen atoms in total. The van der Waals surface area contributed by atoms with E-state index in [-0.39, 0.29) is 18.1 Å². The lowest BCUT2D eigenvalue weighted by atomic mass is 9.95. The molecule has 0 fully saturated rings. The standard InChI is InChI=1S/C31H24BrIN4O4S/c1-3-40-23-11-9-19(10-12-23)27-26(29(38)36-22-7-5-4-6-8-22)18(2)35-31-37(27)30(39)25(42-31)16-20-15-21(32)17-24(33)28(20)41-14-13-34/h4-12,15-17,27H,3,14H2,1-2H3,(H,36,38)/b25-16-/t27-/m1/s1. The Labute approximate surface area is 267 Å². The van der Waals surface area contributed by atoms with Crippen LogP contribution in [0, 0.1) is 14.9 Å². The van der Waals surface area contributed by atoms with Crippen LogP contribution in [0.5, 0.6) is 11.5 Å². The number of amides is 1. The molecule has 11 heteroatoms. The second-order valence-electron chi connectivity index (χ2n) is 9.16. The highest BCUT2D eigenvalue weighted by atomic mass is 127. The van der Waals surface area contributed by atoms with Gasteiger partial charge in [0.2, 0.25) is 0 Å². The van der Waals surface area contributed by atoms with Crippen LogP contribution < -0.4 is 29.7 Å². The minimum atomic E-state index is -0.722. The molecule has 212 valence electrons. The van der Waals surface area contributed by atoms with E-state index in [0.29, 0.717) is 50.0 Å². The van der Waals surface area contributed by atoms with Gasteiger partial charge in [0.1, 0.15) is 17.6 Å². The summed E-state index contributed by atoms with van der Waals surface area (Å²) in [6.45, 7) is 4.08. The molecule has 3 aromatic carbocycles. The van der Waals surface area contributed by atoms with Crippen LogP contribution in [-0.2, 0) is 4.79 Å². The molecule has 0 radical (unpaired) electrons. The number of hydrogen-bond donors (Lipinski definition) is 1. The number of aromatic nitrogens is 1. The number of carbonyl (C=O) groups is 1. The number of rotatable bonds is 8. The average molecular weight is 755 g/mol. The van der Waals surface area contributed by atoms with Crippen molar-refractivity contribution in [2.75, 3.05) is 18.5 Å². The molecule has 0 bridgehead atoms. The molecular formula is C31H24BrIN4O4S. The molecule has 1 atom stereocenters. The molecule has 0 spiro atoms. The molecule has 1 aliphatic rings. The SMILES string of the molecule is CCOc1ccc([C@@H]2C(C(=O)Nc3ccccc3)=C(C)N=c3s/c(=C\c4cc(Br)cc(I)c4OCC#N)c(=O)n32)cc1. The third kappa shape index (κ3) is 6.21. The number of hydrogen-bond acceptors (Lipinski definition) is 7. The lowest BCUT2D eigenvalue weighted by Crippen LogP contribution is -2.40. The summed E-state index contributed by atoms with van der Waals surface area (Å²) in [5.41, 5.74) is 2.62. The number of benzene rings is 3. The number of carbonyl (C=O) groups excluding carboxylic acids is 1. The number of allylic oxidation sites excluding steroid dienone is 1. The monoisotopic (exact) mass is 754 g/mol. The Kier molecular flexibility index (Phi) is 9.25. The fourth-order valence-corrected chi connectivity index (χ4v) is 7.39. The summed E-state index contributed by atoms with van der Waals surface area (Å²) in [6, 6.07) is 21.5. The molecule has 1 amide bonds. The maximum atomic E-state index is 14.1. The minimum Gasteiger partial charge on any atom is -0.494 e. The van der Waals surface area contributed by atoms with Crippen LogP contribution in [0.25, 0.3) is 6.08 Å². The summed E-state index contributed by atoms with van der Waals surface area (Å²) in [5, 5.41) is 12.0. The van der Waals surface area contributed by atoms with E-state index in [1.54, 1.807) is 29.7 Å². The first kappa shape index (κ1) is 29.8. The third-order valence-corrected chi connectivity index (χ3v) is 8.65. The van der Waals surface area contributed by atoms with E-state index in [9.17, 15) is 9.59 Å². The number of thiazole rings is 1. The molecule has 4 aromatic rings. The highest BCUT2D eigenvalue weighted by molar-refractivity contribution is 14.1. The molecule has 1 aliphatic heterocycles. The summed E-state index contributed by atoms with van der Waals surface area (Å²) >= 11 is 6.88. The largest absolute Gasteiger partial charge is 0.494 e. The molecule has 0 saturated carbocycles. The summed E-state index contributed by atoms with van der Waals surface area (Å²) in [6.07, 6.45) is 1.74. The van der Waals surface area contributed by atoms with Crippen LogP contribution >= 0.6 is 49.9 Å². The smallest absolute Gasteiger partial charge is 0.271 e. The van der Waals surface area contributed by atoms with E-state index < -0.39 is 6.04 Å². The Morgan fingerprint density at radius 2 is 1.93 bits per heavy atom. The first-order chi connectivity index (χ1) is 20.3. The number of halogens is 2. The lowest BCUT2D eigenvalue weighted by Gasteiger charge is -2.25. The number of para-hydroxylation sites is 1. The Morgan fingerprint density at radius 3 is 2.62 bits per heavy atom. The molecule has 0 unspecified atom stereocenters. The van der Waals surface area contributed by atoms with Gasteiger partial charge in [0.15, 0.2) is 11.4 Å². The van der Waals surface area contributed by atoms with Crippen LogP contribution in [0.1, 0.15) is 31.0 Å². The second-order valence-corrected chi connectivity index (χ2v) is 12.2. The summed E-state index contributed by atoms with van der Waals surface area (Å²) < 4.78 is 14.9. The van der Waals surface area contributed by atoms with Gasteiger partial charge < -0.3 is 14.8 Å². The van der Waals surface area contributed by atoms with Crippen LogP contribution in [0.15, 0.2) is 92.3 Å². The molecule has 2 heterocycles. The van der Waals surface area contributed by atoms with E-state index in [4.69, 9.17) is 19.7 Å². The van der Waals surface area contributed by atoms with E-state index in [0.717, 1.165) is 13.6 Å². The number of ether oxygens (including phenoxy) is 2. The van der Waals surface area contributed by atoms with Gasteiger partial charge in [-0.05, 0) is 84.5 Å². The Morgan fingerprint density at radius 1 is 1.19 bits per heavy atom. The van der Waals surface area contributed by atoms with Gasteiger partial charge in [0, 0.05) is 15.7 Å². The van der Waals surface area contributed by atoms with Crippen molar-refractivity contribution in [1.29, 1.82) is 5.26 Å². The highest BCUT2D eigenvalue weighted by Crippen LogP contribution is 2.33. The summed E-state index contributed by atoms with van der Waals surface area (Å²) in [7, 11) is 0. The first-order valence-electron chi connectivity index (χ1n) is 12.9. The van der Waals surface area contributed by atoms with Crippen molar-refractivity contribution in [2.24, 2.45) is 4.99 Å². The fourth-order valence-electron chi connectivity index (χ4n) is 4.65. The van der Waals surface area contributed by atoms with Crippen LogP contribution in [-0.4, -0.2) is 23.7 Å². The molecule has 1 aromatic heterocycles. The van der Waals surface area contributed by atoms with Gasteiger partial charge in [-0.2, -0.15) is 5.26 Å². The van der Waals surface area contributed by atoms with Gasteiger partial charge in [0.25, 0.3) is 11.5 Å². The molecular weight excluding hydrogens is 731 g/mol. The van der Waals surface area contributed by atoms with Crippen molar-refractivity contribution >= 4 is 67.5 Å². The number of nitrogens with one attached hydrogen (secondary N) is 1. The normalized spacial score (nSPS) is 14.5. The molecule has 42 heavy (non-hydrogen) atoms. The van der Waals surface area contributed by atoms with Crippen LogP contribution in [0.4, 0.5) is 5.69 Å². The van der Waals surface area contributed by atoms with Gasteiger partial charge >= 0.3 is 0 Å². The van der Waals surface area contributed by atoms with E-state index >= 15 is 0 Å². The number of nitriles is 1. The van der Waals surface area contributed by atoms with Crippen LogP contribution in [0.2, 0.25) is 0 Å². The van der Waals surface area contributed by atoms with E-state index in [1.165, 1.54) is 11.3 Å². The number of nitrogens with zero attached hydrogens (tertiary/aromatic N) is 3. The van der Waals surface area contributed by atoms with Gasteiger partial charge in [-0.25, -0.2) is 4.99 Å². The molecule has 1 N–H and O–H groups in total. The van der Waals surface area contributed by atoms with Crippen molar-refractivity contribution in [3.05, 3.63) is 117 Å². The molecule has 0 aliphatic carbocycles.